The quantitative estimate of drug-likeness (QED) is 0.517. The van der Waals surface area contributed by atoms with Gasteiger partial charge in [-0.2, -0.15) is 13.2 Å². The molecule has 0 radical (unpaired) electrons. The maximum atomic E-state index is 12.5. The summed E-state index contributed by atoms with van der Waals surface area (Å²) in [6.45, 7) is 2.57. The summed E-state index contributed by atoms with van der Waals surface area (Å²) in [5.74, 6) is -0.350. The summed E-state index contributed by atoms with van der Waals surface area (Å²) in [5.41, 5.74) is 6.40. The number of benzene rings is 1. The number of rotatable bonds is 9. The molecule has 1 aliphatic carbocycles. The molecule has 1 amide bonds. The predicted molar refractivity (Wildman–Crippen MR) is 111 cm³/mol. The van der Waals surface area contributed by atoms with Crippen LogP contribution in [0.25, 0.3) is 0 Å². The van der Waals surface area contributed by atoms with Gasteiger partial charge < -0.3 is 15.8 Å². The molecule has 7 nitrogen and oxygen atoms in total. The molecule has 176 valence electrons. The van der Waals surface area contributed by atoms with Gasteiger partial charge in [-0.05, 0) is 44.7 Å². The highest BCUT2D eigenvalue weighted by Crippen LogP contribution is 2.30. The maximum absolute atomic E-state index is 12.5. The second-order valence-corrected chi connectivity index (χ2v) is 9.74. The van der Waals surface area contributed by atoms with Gasteiger partial charge in [-0.1, -0.05) is 19.3 Å². The summed E-state index contributed by atoms with van der Waals surface area (Å²) in [4.78, 5) is 12.2. The number of anilines is 1. The van der Waals surface area contributed by atoms with Crippen LogP contribution in [0.2, 0.25) is 0 Å². The lowest BCUT2D eigenvalue weighted by Gasteiger charge is -2.26. The topological polar surface area (TPSA) is 111 Å². The van der Waals surface area contributed by atoms with Crippen LogP contribution in [0.4, 0.5) is 18.9 Å². The van der Waals surface area contributed by atoms with Gasteiger partial charge >= 0.3 is 6.18 Å². The van der Waals surface area contributed by atoms with Crippen LogP contribution in [0, 0.1) is 5.92 Å². The Hall–Kier alpha value is -1.85. The van der Waals surface area contributed by atoms with Crippen LogP contribution in [0.15, 0.2) is 23.1 Å². The predicted octanol–water partition coefficient (Wildman–Crippen LogP) is 3.55. The highest BCUT2D eigenvalue weighted by molar-refractivity contribution is 7.89. The highest BCUT2D eigenvalue weighted by Gasteiger charge is 2.29. The second kappa shape index (κ2) is 10.6. The van der Waals surface area contributed by atoms with Crippen LogP contribution in [0.5, 0.6) is 5.75 Å². The zero-order valence-electron chi connectivity index (χ0n) is 17.7. The largest absolute Gasteiger partial charge is 0.490 e. The number of hydrogen-bond donors (Lipinski definition) is 3. The first kappa shape index (κ1) is 25.4. The van der Waals surface area contributed by atoms with Crippen molar-refractivity contribution in [2.24, 2.45) is 11.7 Å². The van der Waals surface area contributed by atoms with Crippen LogP contribution < -0.4 is 20.5 Å². The van der Waals surface area contributed by atoms with Crippen molar-refractivity contribution in [3.8, 4) is 5.75 Å². The van der Waals surface area contributed by atoms with Gasteiger partial charge in [0, 0.05) is 18.3 Å². The van der Waals surface area contributed by atoms with Crippen molar-refractivity contribution >= 4 is 21.6 Å². The molecule has 1 aromatic carbocycles. The average Bonchev–Trinajstić information content (AvgIpc) is 2.66. The number of amides is 1. The van der Waals surface area contributed by atoms with Crippen molar-refractivity contribution in [1.29, 1.82) is 0 Å². The SMILES string of the molecule is CC(C)Oc1cc(NC(=O)[C@@H](N)C2CCCCC2)ccc1S(=O)(=O)NCCC(F)(F)F. The monoisotopic (exact) mass is 465 g/mol. The molecule has 0 bridgehead atoms. The molecule has 0 unspecified atom stereocenters. The Bertz CT molecular complexity index is 854. The fraction of sp³-hybridized carbons (Fsp3) is 0.650. The molecule has 1 aliphatic rings. The number of ether oxygens (including phenoxy) is 1. The second-order valence-electron chi connectivity index (χ2n) is 8.00. The zero-order chi connectivity index (χ0) is 23.2. The number of carbonyl (C=O) groups excluding carboxylic acids is 1. The van der Waals surface area contributed by atoms with E-state index in [-0.39, 0.29) is 22.5 Å². The summed E-state index contributed by atoms with van der Waals surface area (Å²) in [5, 5.41) is 2.69. The van der Waals surface area contributed by atoms with Crippen LogP contribution >= 0.6 is 0 Å². The molecule has 0 heterocycles. The Kier molecular flexibility index (Phi) is 8.73. The van der Waals surface area contributed by atoms with Crippen molar-refractivity contribution < 1.29 is 31.1 Å². The van der Waals surface area contributed by atoms with E-state index in [0.29, 0.717) is 5.69 Å². The molecule has 1 saturated carbocycles. The standard InChI is InChI=1S/C20H30F3N3O4S/c1-13(2)30-16-12-15(26-19(27)18(24)14-6-4-3-5-7-14)8-9-17(16)31(28,29)25-11-10-20(21,22)23/h8-9,12-14,18,25H,3-7,10-11,24H2,1-2H3,(H,26,27)/t18-/m0/s1. The molecule has 2 rings (SSSR count). The third-order valence-electron chi connectivity index (χ3n) is 5.02. The minimum Gasteiger partial charge on any atom is -0.490 e. The Balaban J connectivity index is 2.17. The van der Waals surface area contributed by atoms with Gasteiger partial charge in [-0.3, -0.25) is 4.79 Å². The number of nitrogens with one attached hydrogen (secondary N) is 2. The van der Waals surface area contributed by atoms with Crippen LogP contribution in [0.3, 0.4) is 0 Å². The molecular formula is C20H30F3N3O4S. The Morgan fingerprint density at radius 1 is 1.23 bits per heavy atom. The zero-order valence-corrected chi connectivity index (χ0v) is 18.5. The van der Waals surface area contributed by atoms with Crippen LogP contribution in [-0.4, -0.2) is 39.2 Å². The van der Waals surface area contributed by atoms with Gasteiger partial charge in [0.25, 0.3) is 0 Å². The van der Waals surface area contributed by atoms with Crippen molar-refractivity contribution in [1.82, 2.24) is 4.72 Å². The number of hydrogen-bond acceptors (Lipinski definition) is 5. The molecule has 31 heavy (non-hydrogen) atoms. The van der Waals surface area contributed by atoms with E-state index in [1.54, 1.807) is 13.8 Å². The molecule has 1 fully saturated rings. The van der Waals surface area contributed by atoms with E-state index < -0.39 is 41.3 Å². The molecule has 0 aliphatic heterocycles. The normalized spacial score (nSPS) is 16.9. The van der Waals surface area contributed by atoms with Crippen molar-refractivity contribution in [2.75, 3.05) is 11.9 Å². The summed E-state index contributed by atoms with van der Waals surface area (Å²) in [7, 11) is -4.25. The third-order valence-corrected chi connectivity index (χ3v) is 6.52. The third kappa shape index (κ3) is 7.97. The van der Waals surface area contributed by atoms with Gasteiger partial charge in [0.1, 0.15) is 10.6 Å². The fourth-order valence-electron chi connectivity index (χ4n) is 3.49. The molecule has 0 aromatic heterocycles. The molecule has 1 atom stereocenters. The van der Waals surface area contributed by atoms with Gasteiger partial charge in [-0.25, -0.2) is 13.1 Å². The summed E-state index contributed by atoms with van der Waals surface area (Å²) in [6, 6.07) is 3.21. The first-order chi connectivity index (χ1) is 14.4. The lowest BCUT2D eigenvalue weighted by molar-refractivity contribution is -0.132. The van der Waals surface area contributed by atoms with Crippen molar-refractivity contribution in [3.63, 3.8) is 0 Å². The van der Waals surface area contributed by atoms with E-state index in [4.69, 9.17) is 10.5 Å². The Morgan fingerprint density at radius 3 is 2.45 bits per heavy atom. The number of nitrogens with two attached hydrogens (primary N) is 1. The fourth-order valence-corrected chi connectivity index (χ4v) is 4.64. The van der Waals surface area contributed by atoms with Crippen molar-refractivity contribution in [3.05, 3.63) is 18.2 Å². The highest BCUT2D eigenvalue weighted by atomic mass is 32.2. The minimum atomic E-state index is -4.48. The molecule has 11 heteroatoms. The molecule has 1 aromatic rings. The van der Waals surface area contributed by atoms with Gasteiger partial charge in [0.15, 0.2) is 0 Å². The van der Waals surface area contributed by atoms with E-state index in [1.165, 1.54) is 18.2 Å². The van der Waals surface area contributed by atoms with E-state index in [1.807, 2.05) is 4.72 Å². The summed E-state index contributed by atoms with van der Waals surface area (Å²) >= 11 is 0. The van der Waals surface area contributed by atoms with Crippen LogP contribution in [-0.2, 0) is 14.8 Å². The maximum Gasteiger partial charge on any atom is 0.390 e. The number of sulfonamides is 1. The first-order valence-electron chi connectivity index (χ1n) is 10.3. The average molecular weight is 466 g/mol. The number of carbonyl (C=O) groups is 1. The van der Waals surface area contributed by atoms with E-state index in [0.717, 1.165) is 32.1 Å². The Morgan fingerprint density at radius 2 is 1.87 bits per heavy atom. The Labute approximate surface area is 181 Å². The van der Waals surface area contributed by atoms with E-state index >= 15 is 0 Å². The number of halogens is 3. The van der Waals surface area contributed by atoms with Crippen LogP contribution in [0.1, 0.15) is 52.4 Å². The van der Waals surface area contributed by atoms with E-state index in [2.05, 4.69) is 5.32 Å². The lowest BCUT2D eigenvalue weighted by Crippen LogP contribution is -2.42. The first-order valence-corrected chi connectivity index (χ1v) is 11.8. The molecule has 0 saturated heterocycles. The molecule has 4 N–H and O–H groups in total. The molecule has 0 spiro atoms. The minimum absolute atomic E-state index is 0.0708. The van der Waals surface area contributed by atoms with E-state index in [9.17, 15) is 26.4 Å². The lowest BCUT2D eigenvalue weighted by atomic mass is 9.84. The summed E-state index contributed by atoms with van der Waals surface area (Å²) in [6.07, 6.45) is -1.20. The summed E-state index contributed by atoms with van der Waals surface area (Å²) < 4.78 is 69.5. The molecular weight excluding hydrogens is 435 g/mol. The van der Waals surface area contributed by atoms with Gasteiger partial charge in [-0.15, -0.1) is 0 Å². The number of alkyl halides is 3. The smallest absolute Gasteiger partial charge is 0.390 e. The van der Waals surface area contributed by atoms with Crippen molar-refractivity contribution in [2.45, 2.75) is 75.6 Å². The van der Waals surface area contributed by atoms with Gasteiger partial charge in [0.05, 0.1) is 18.6 Å². The van der Waals surface area contributed by atoms with Gasteiger partial charge in [0.2, 0.25) is 15.9 Å².